The molecule has 2 aromatic rings. The van der Waals surface area contributed by atoms with Gasteiger partial charge in [0.2, 0.25) is 0 Å². The average molecular weight is 248 g/mol. The maximum atomic E-state index is 11.6. The van der Waals surface area contributed by atoms with Gasteiger partial charge < -0.3 is 0 Å². The molecule has 0 unspecified atom stereocenters. The second-order valence-corrected chi connectivity index (χ2v) is 4.91. The van der Waals surface area contributed by atoms with Crippen LogP contribution in [0.3, 0.4) is 0 Å². The van der Waals surface area contributed by atoms with Crippen molar-refractivity contribution in [3.05, 3.63) is 56.9 Å². The van der Waals surface area contributed by atoms with Gasteiger partial charge in [-0.15, -0.1) is 22.7 Å². The van der Waals surface area contributed by atoms with Gasteiger partial charge in [0.25, 0.3) is 0 Å². The highest BCUT2D eigenvalue weighted by Gasteiger charge is 2.05. The van der Waals surface area contributed by atoms with Gasteiger partial charge in [-0.3, -0.25) is 9.59 Å². The lowest BCUT2D eigenvalue weighted by Gasteiger charge is -1.88. The molecule has 0 N–H and O–H groups in total. The molecule has 0 radical (unpaired) electrons. The molecule has 0 aliphatic rings. The van der Waals surface area contributed by atoms with E-state index in [4.69, 9.17) is 0 Å². The van der Waals surface area contributed by atoms with Crippen LogP contribution < -0.4 is 0 Å². The minimum Gasteiger partial charge on any atom is -0.288 e. The van der Waals surface area contributed by atoms with Gasteiger partial charge in [0.1, 0.15) is 0 Å². The summed E-state index contributed by atoms with van der Waals surface area (Å²) in [6.07, 6.45) is 2.65. The molecule has 0 saturated heterocycles. The highest BCUT2D eigenvalue weighted by atomic mass is 32.1. The fraction of sp³-hybridized carbons (Fsp3) is 0. The molecule has 0 aliphatic heterocycles. The van der Waals surface area contributed by atoms with Crippen LogP contribution in [-0.4, -0.2) is 11.6 Å². The first-order valence-corrected chi connectivity index (χ1v) is 6.37. The second-order valence-electron chi connectivity index (χ2n) is 3.02. The largest absolute Gasteiger partial charge is 0.288 e. The van der Waals surface area contributed by atoms with E-state index in [0.29, 0.717) is 9.75 Å². The highest BCUT2D eigenvalue weighted by Crippen LogP contribution is 2.12. The van der Waals surface area contributed by atoms with Crippen LogP contribution in [0, 0.1) is 0 Å². The first-order chi connectivity index (χ1) is 7.77. The van der Waals surface area contributed by atoms with E-state index in [9.17, 15) is 9.59 Å². The van der Waals surface area contributed by atoms with Gasteiger partial charge in [-0.2, -0.15) is 0 Å². The van der Waals surface area contributed by atoms with Crippen LogP contribution in [0.4, 0.5) is 0 Å². The zero-order valence-electron chi connectivity index (χ0n) is 8.25. The van der Waals surface area contributed by atoms with Crippen LogP contribution in [0.25, 0.3) is 0 Å². The number of hydrogen-bond donors (Lipinski definition) is 0. The van der Waals surface area contributed by atoms with Crippen LogP contribution in [0.1, 0.15) is 19.3 Å². The molecule has 2 rings (SSSR count). The maximum absolute atomic E-state index is 11.6. The van der Waals surface area contributed by atoms with Gasteiger partial charge in [-0.05, 0) is 35.0 Å². The number of hydrogen-bond acceptors (Lipinski definition) is 4. The minimum absolute atomic E-state index is 0.125. The number of carbonyl (C=O) groups excluding carboxylic acids is 2. The SMILES string of the molecule is O=C(C=CC(=O)c1cccs1)c1cccs1. The first kappa shape index (κ1) is 11.0. The molecule has 0 aliphatic carbocycles. The van der Waals surface area contributed by atoms with Gasteiger partial charge >= 0.3 is 0 Å². The predicted octanol–water partition coefficient (Wildman–Crippen LogP) is 3.43. The summed E-state index contributed by atoms with van der Waals surface area (Å²) in [6, 6.07) is 7.11. The zero-order valence-corrected chi connectivity index (χ0v) is 9.88. The van der Waals surface area contributed by atoms with Crippen molar-refractivity contribution in [3.63, 3.8) is 0 Å². The van der Waals surface area contributed by atoms with E-state index in [1.807, 2.05) is 22.9 Å². The molecule has 2 heterocycles. The highest BCUT2D eigenvalue weighted by molar-refractivity contribution is 7.12. The Morgan fingerprint density at radius 2 is 1.31 bits per heavy atom. The summed E-state index contributed by atoms with van der Waals surface area (Å²) >= 11 is 2.74. The number of ketones is 2. The van der Waals surface area contributed by atoms with Crippen molar-refractivity contribution in [1.29, 1.82) is 0 Å². The van der Waals surface area contributed by atoms with Crippen molar-refractivity contribution in [2.24, 2.45) is 0 Å². The Morgan fingerprint density at radius 3 is 1.62 bits per heavy atom. The van der Waals surface area contributed by atoms with Gasteiger partial charge in [-0.1, -0.05) is 12.1 Å². The van der Waals surface area contributed by atoms with Crippen molar-refractivity contribution in [2.75, 3.05) is 0 Å². The lowest BCUT2D eigenvalue weighted by atomic mass is 10.2. The van der Waals surface area contributed by atoms with Gasteiger partial charge in [0, 0.05) is 0 Å². The molecular formula is C12H8O2S2. The van der Waals surface area contributed by atoms with E-state index in [1.54, 1.807) is 12.1 Å². The van der Waals surface area contributed by atoms with E-state index in [-0.39, 0.29) is 11.6 Å². The molecule has 0 atom stereocenters. The summed E-state index contributed by atoms with van der Waals surface area (Å²) in [4.78, 5) is 24.4. The monoisotopic (exact) mass is 248 g/mol. The summed E-state index contributed by atoms with van der Waals surface area (Å²) in [5.41, 5.74) is 0. The van der Waals surface area contributed by atoms with Crippen molar-refractivity contribution in [1.82, 2.24) is 0 Å². The smallest absolute Gasteiger partial charge is 0.195 e. The first-order valence-electron chi connectivity index (χ1n) is 4.61. The van der Waals surface area contributed by atoms with Crippen molar-refractivity contribution in [2.45, 2.75) is 0 Å². The number of thiophene rings is 2. The zero-order chi connectivity index (χ0) is 11.4. The minimum atomic E-state index is -0.125. The van der Waals surface area contributed by atoms with Crippen LogP contribution in [0.15, 0.2) is 47.2 Å². The third-order valence-corrected chi connectivity index (χ3v) is 3.68. The molecule has 0 aromatic carbocycles. The fourth-order valence-electron chi connectivity index (χ4n) is 1.15. The lowest BCUT2D eigenvalue weighted by Crippen LogP contribution is -1.94. The summed E-state index contributed by atoms with van der Waals surface area (Å²) in [5, 5.41) is 3.67. The van der Waals surface area contributed by atoms with Gasteiger partial charge in [-0.25, -0.2) is 0 Å². The molecule has 80 valence electrons. The summed E-state index contributed by atoms with van der Waals surface area (Å²) < 4.78 is 0. The van der Waals surface area contributed by atoms with Crippen LogP contribution in [-0.2, 0) is 0 Å². The predicted molar refractivity (Wildman–Crippen MR) is 66.4 cm³/mol. The van der Waals surface area contributed by atoms with E-state index in [0.717, 1.165) is 0 Å². The molecule has 0 saturated carbocycles. The molecule has 0 bridgehead atoms. The Bertz CT molecular complexity index is 459. The van der Waals surface area contributed by atoms with E-state index in [2.05, 4.69) is 0 Å². The maximum Gasteiger partial charge on any atom is 0.195 e. The summed E-state index contributed by atoms with van der Waals surface area (Å²) in [7, 11) is 0. The third kappa shape index (κ3) is 2.53. The number of rotatable bonds is 4. The van der Waals surface area contributed by atoms with Crippen LogP contribution in [0.5, 0.6) is 0 Å². The van der Waals surface area contributed by atoms with Crippen molar-refractivity contribution < 1.29 is 9.59 Å². The quantitative estimate of drug-likeness (QED) is 0.613. The van der Waals surface area contributed by atoms with Crippen LogP contribution in [0.2, 0.25) is 0 Å². The Morgan fingerprint density at radius 1 is 0.875 bits per heavy atom. The number of carbonyl (C=O) groups is 2. The average Bonchev–Trinajstić information content (AvgIpc) is 2.95. The fourth-order valence-corrected chi connectivity index (χ4v) is 2.44. The molecule has 2 aromatic heterocycles. The summed E-state index contributed by atoms with van der Waals surface area (Å²) in [6.45, 7) is 0. The summed E-state index contributed by atoms with van der Waals surface area (Å²) in [5.74, 6) is -0.250. The van der Waals surface area contributed by atoms with Crippen LogP contribution >= 0.6 is 22.7 Å². The third-order valence-electron chi connectivity index (χ3n) is 1.91. The molecule has 0 amide bonds. The van der Waals surface area contributed by atoms with E-state index in [1.165, 1.54) is 34.8 Å². The molecular weight excluding hydrogens is 240 g/mol. The van der Waals surface area contributed by atoms with Crippen molar-refractivity contribution >= 4 is 34.2 Å². The Hall–Kier alpha value is -1.52. The Kier molecular flexibility index (Phi) is 3.44. The van der Waals surface area contributed by atoms with Gasteiger partial charge in [0.05, 0.1) is 9.75 Å². The van der Waals surface area contributed by atoms with Crippen molar-refractivity contribution in [3.8, 4) is 0 Å². The second kappa shape index (κ2) is 5.01. The lowest BCUT2D eigenvalue weighted by molar-refractivity contribution is 0.102. The molecule has 16 heavy (non-hydrogen) atoms. The molecule has 0 spiro atoms. The standard InChI is InChI=1S/C12H8O2S2/c13-9(11-3-1-7-15-11)5-6-10(14)12-4-2-8-16-12/h1-8H. The molecule has 2 nitrogen and oxygen atoms in total. The molecule has 4 heteroatoms. The van der Waals surface area contributed by atoms with Gasteiger partial charge in [0.15, 0.2) is 11.6 Å². The number of allylic oxidation sites excluding steroid dienone is 2. The van der Waals surface area contributed by atoms with E-state index >= 15 is 0 Å². The molecule has 0 fully saturated rings. The topological polar surface area (TPSA) is 34.1 Å². The Labute approximate surface area is 101 Å². The normalized spacial score (nSPS) is 10.8. The Balaban J connectivity index is 2.05. The van der Waals surface area contributed by atoms with E-state index < -0.39 is 0 Å².